The molecule has 0 radical (unpaired) electrons. The van der Waals surface area contributed by atoms with Gasteiger partial charge in [0.25, 0.3) is 5.91 Å². The molecule has 1 aliphatic heterocycles. The monoisotopic (exact) mass is 328 g/mol. The van der Waals surface area contributed by atoms with Gasteiger partial charge in [0.15, 0.2) is 0 Å². The second kappa shape index (κ2) is 5.15. The molecule has 1 unspecified atom stereocenters. The molecular formula is C17H20N4O3. The summed E-state index contributed by atoms with van der Waals surface area (Å²) in [5.74, 6) is -0.223. The van der Waals surface area contributed by atoms with Gasteiger partial charge in [0, 0.05) is 12.6 Å². The summed E-state index contributed by atoms with van der Waals surface area (Å²) in [6.45, 7) is 7.44. The van der Waals surface area contributed by atoms with Crippen molar-refractivity contribution in [2.24, 2.45) is 18.0 Å². The fraction of sp³-hybridized carbons (Fsp3) is 0.412. The van der Waals surface area contributed by atoms with Gasteiger partial charge in [-0.1, -0.05) is 13.8 Å². The highest BCUT2D eigenvalue weighted by atomic mass is 16.4. The van der Waals surface area contributed by atoms with Gasteiger partial charge in [-0.2, -0.15) is 0 Å². The Morgan fingerprint density at radius 1 is 1.38 bits per heavy atom. The zero-order valence-corrected chi connectivity index (χ0v) is 14.3. The molecule has 3 rings (SSSR count). The Morgan fingerprint density at radius 3 is 2.58 bits per heavy atom. The highest BCUT2D eigenvalue weighted by Gasteiger charge is 2.42. The van der Waals surface area contributed by atoms with E-state index in [-0.39, 0.29) is 17.4 Å². The first-order chi connectivity index (χ1) is 11.1. The van der Waals surface area contributed by atoms with E-state index < -0.39 is 11.5 Å². The van der Waals surface area contributed by atoms with E-state index >= 15 is 0 Å². The predicted molar refractivity (Wildman–Crippen MR) is 90.3 cm³/mol. The Kier molecular flexibility index (Phi) is 3.47. The average Bonchev–Trinajstić information content (AvgIpc) is 2.96. The maximum absolute atomic E-state index is 12.3. The number of imidazole rings is 1. The van der Waals surface area contributed by atoms with E-state index in [0.717, 1.165) is 11.3 Å². The largest absolute Gasteiger partial charge is 0.478 e. The molecule has 2 aromatic rings. The van der Waals surface area contributed by atoms with E-state index in [1.165, 1.54) is 6.07 Å². The molecular weight excluding hydrogens is 308 g/mol. The number of amides is 1. The van der Waals surface area contributed by atoms with Crippen LogP contribution in [0.15, 0.2) is 17.1 Å². The highest BCUT2D eigenvalue weighted by molar-refractivity contribution is 6.19. The number of aliphatic imine (C=N–C) groups is 1. The number of nitrogens with zero attached hydrogens (tertiary/aromatic N) is 3. The lowest BCUT2D eigenvalue weighted by Gasteiger charge is -2.21. The minimum absolute atomic E-state index is 0.00837. The molecule has 0 bridgehead atoms. The molecule has 7 heteroatoms. The number of benzene rings is 1. The van der Waals surface area contributed by atoms with Crippen LogP contribution in [0, 0.1) is 12.8 Å². The summed E-state index contributed by atoms with van der Waals surface area (Å²) in [6, 6.07) is 3.25. The molecule has 2 heterocycles. The number of aryl methyl sites for hydroxylation is 2. The Morgan fingerprint density at radius 2 is 2.04 bits per heavy atom. The molecule has 24 heavy (non-hydrogen) atoms. The van der Waals surface area contributed by atoms with E-state index in [9.17, 15) is 14.7 Å². The Bertz CT molecular complexity index is 910. The number of nitrogens with one attached hydrogen (secondary N) is 1. The standard InChI is InChI=1S/C17H20N4O3/c1-8(2)17(4)16(24)19-14(20-17)10-7-13-12(6-11(10)15(22)23)18-9(3)21(13)5/h6-8H,1-5H3,(H,22,23)(H,19,20,24). The third-order valence-corrected chi connectivity index (χ3v) is 4.89. The second-order valence-corrected chi connectivity index (χ2v) is 6.63. The highest BCUT2D eigenvalue weighted by Crippen LogP contribution is 2.29. The second-order valence-electron chi connectivity index (χ2n) is 6.63. The van der Waals surface area contributed by atoms with Crippen molar-refractivity contribution >= 4 is 28.7 Å². The van der Waals surface area contributed by atoms with Crippen LogP contribution in [0.25, 0.3) is 11.0 Å². The lowest BCUT2D eigenvalue weighted by atomic mass is 9.89. The van der Waals surface area contributed by atoms with Crippen molar-refractivity contribution in [3.05, 3.63) is 29.1 Å². The summed E-state index contributed by atoms with van der Waals surface area (Å²) < 4.78 is 1.88. The molecule has 1 aromatic carbocycles. The maximum Gasteiger partial charge on any atom is 0.336 e. The smallest absolute Gasteiger partial charge is 0.336 e. The number of carbonyl (C=O) groups is 2. The predicted octanol–water partition coefficient (Wildman–Crippen LogP) is 1.87. The number of fused-ring (bicyclic) bond motifs is 1. The van der Waals surface area contributed by atoms with Crippen LogP contribution in [-0.4, -0.2) is 37.9 Å². The Labute approximate surface area is 139 Å². The lowest BCUT2D eigenvalue weighted by molar-refractivity contribution is -0.124. The summed E-state index contributed by atoms with van der Waals surface area (Å²) in [5, 5.41) is 12.3. The lowest BCUT2D eigenvalue weighted by Crippen LogP contribution is -2.41. The van der Waals surface area contributed by atoms with Crippen molar-refractivity contribution in [1.29, 1.82) is 0 Å². The number of hydrogen-bond acceptors (Lipinski definition) is 4. The fourth-order valence-corrected chi connectivity index (χ4v) is 2.80. The summed E-state index contributed by atoms with van der Waals surface area (Å²) in [5.41, 5.74) is 0.973. The summed E-state index contributed by atoms with van der Waals surface area (Å²) in [4.78, 5) is 32.9. The van der Waals surface area contributed by atoms with Crippen molar-refractivity contribution in [1.82, 2.24) is 14.9 Å². The van der Waals surface area contributed by atoms with Crippen molar-refractivity contribution < 1.29 is 14.7 Å². The van der Waals surface area contributed by atoms with Gasteiger partial charge >= 0.3 is 5.97 Å². The first-order valence-corrected chi connectivity index (χ1v) is 7.77. The van der Waals surface area contributed by atoms with Gasteiger partial charge in [0.1, 0.15) is 17.2 Å². The van der Waals surface area contributed by atoms with E-state index in [2.05, 4.69) is 15.3 Å². The van der Waals surface area contributed by atoms with Crippen molar-refractivity contribution in [2.45, 2.75) is 33.2 Å². The summed E-state index contributed by atoms with van der Waals surface area (Å²) in [7, 11) is 1.86. The summed E-state index contributed by atoms with van der Waals surface area (Å²) in [6.07, 6.45) is 0. The number of aromatic carboxylic acids is 1. The maximum atomic E-state index is 12.3. The van der Waals surface area contributed by atoms with Gasteiger partial charge in [-0.05, 0) is 31.9 Å². The topological polar surface area (TPSA) is 96.6 Å². The number of carbonyl (C=O) groups excluding carboxylic acids is 1. The van der Waals surface area contributed by atoms with E-state index in [1.807, 2.05) is 32.4 Å². The van der Waals surface area contributed by atoms with Crippen molar-refractivity contribution in [2.75, 3.05) is 0 Å². The number of amidine groups is 1. The van der Waals surface area contributed by atoms with Gasteiger partial charge in [-0.25, -0.2) is 9.78 Å². The van der Waals surface area contributed by atoms with Crippen LogP contribution in [0.5, 0.6) is 0 Å². The van der Waals surface area contributed by atoms with Crippen LogP contribution >= 0.6 is 0 Å². The molecule has 0 spiro atoms. The SMILES string of the molecule is Cc1nc2cc(C(=O)O)c(C3=NC(C)(C(C)C)C(=O)N3)cc2n1C. The quantitative estimate of drug-likeness (QED) is 0.899. The molecule has 1 amide bonds. The molecule has 126 valence electrons. The van der Waals surface area contributed by atoms with Crippen LogP contribution < -0.4 is 5.32 Å². The molecule has 0 aliphatic carbocycles. The molecule has 0 saturated heterocycles. The van der Waals surface area contributed by atoms with Crippen LogP contribution in [0.1, 0.15) is 42.5 Å². The Balaban J connectivity index is 2.25. The number of carboxylic acids is 1. The first-order valence-electron chi connectivity index (χ1n) is 7.77. The van der Waals surface area contributed by atoms with Gasteiger partial charge in [-0.15, -0.1) is 0 Å². The number of hydrogen-bond donors (Lipinski definition) is 2. The van der Waals surface area contributed by atoms with Crippen LogP contribution in [0.4, 0.5) is 0 Å². The first kappa shape index (κ1) is 16.2. The van der Waals surface area contributed by atoms with Crippen molar-refractivity contribution in [3.8, 4) is 0 Å². The van der Waals surface area contributed by atoms with E-state index in [0.29, 0.717) is 16.9 Å². The van der Waals surface area contributed by atoms with E-state index in [1.54, 1.807) is 13.0 Å². The van der Waals surface area contributed by atoms with Gasteiger partial charge in [-0.3, -0.25) is 9.79 Å². The molecule has 0 fully saturated rings. The molecule has 1 atom stereocenters. The van der Waals surface area contributed by atoms with E-state index in [4.69, 9.17) is 0 Å². The molecule has 1 aliphatic rings. The van der Waals surface area contributed by atoms with Crippen molar-refractivity contribution in [3.63, 3.8) is 0 Å². The van der Waals surface area contributed by atoms with Crippen LogP contribution in [-0.2, 0) is 11.8 Å². The molecule has 2 N–H and O–H groups in total. The zero-order valence-electron chi connectivity index (χ0n) is 14.3. The van der Waals surface area contributed by atoms with Crippen LogP contribution in [0.3, 0.4) is 0 Å². The van der Waals surface area contributed by atoms with Gasteiger partial charge < -0.3 is 15.0 Å². The normalized spacial score (nSPS) is 20.6. The molecule has 1 aromatic heterocycles. The third kappa shape index (κ3) is 2.19. The molecule has 0 saturated carbocycles. The Hall–Kier alpha value is -2.70. The molecule has 7 nitrogen and oxygen atoms in total. The number of aromatic nitrogens is 2. The third-order valence-electron chi connectivity index (χ3n) is 4.89. The summed E-state index contributed by atoms with van der Waals surface area (Å²) >= 11 is 0. The minimum Gasteiger partial charge on any atom is -0.478 e. The fourth-order valence-electron chi connectivity index (χ4n) is 2.80. The zero-order chi connectivity index (χ0) is 17.8. The van der Waals surface area contributed by atoms with Crippen LogP contribution in [0.2, 0.25) is 0 Å². The number of carboxylic acid groups (broad SMARTS) is 1. The minimum atomic E-state index is -1.08. The number of rotatable bonds is 3. The average molecular weight is 328 g/mol. The van der Waals surface area contributed by atoms with Gasteiger partial charge in [0.05, 0.1) is 16.6 Å². The van der Waals surface area contributed by atoms with Gasteiger partial charge in [0.2, 0.25) is 0 Å².